The molecule has 11 heteroatoms. The molecule has 1 saturated carbocycles. The van der Waals surface area contributed by atoms with Gasteiger partial charge < -0.3 is 19.8 Å². The molecule has 2 aromatic rings. The van der Waals surface area contributed by atoms with Gasteiger partial charge >= 0.3 is 18.2 Å². The fourth-order valence-corrected chi connectivity index (χ4v) is 3.83. The minimum atomic E-state index is -4.75. The Morgan fingerprint density at radius 3 is 2.79 bits per heavy atom. The van der Waals surface area contributed by atoms with Crippen molar-refractivity contribution in [1.82, 2.24) is 20.4 Å². The molecule has 0 bridgehead atoms. The van der Waals surface area contributed by atoms with Crippen molar-refractivity contribution in [2.45, 2.75) is 44.1 Å². The number of hydrogen-bond acceptors (Lipinski definition) is 5. The molecule has 1 aliphatic heterocycles. The Labute approximate surface area is 156 Å². The van der Waals surface area contributed by atoms with E-state index in [0.29, 0.717) is 30.5 Å². The molecule has 2 aliphatic rings. The van der Waals surface area contributed by atoms with E-state index in [-0.39, 0.29) is 29.4 Å². The highest BCUT2D eigenvalue weighted by molar-refractivity contribution is 5.99. The lowest BCUT2D eigenvalue weighted by Gasteiger charge is -2.29. The molecule has 2 N–H and O–H groups in total. The van der Waals surface area contributed by atoms with E-state index in [4.69, 9.17) is 5.11 Å². The second kappa shape index (κ2) is 6.50. The fraction of sp³-hybridized carbons (Fsp3) is 0.412. The zero-order valence-corrected chi connectivity index (χ0v) is 14.4. The highest BCUT2D eigenvalue weighted by atomic mass is 19.4. The third kappa shape index (κ3) is 3.16. The normalized spacial score (nSPS) is 21.8. The molecule has 1 aromatic carbocycles. The number of nitrogens with zero attached hydrogens (tertiary/aromatic N) is 3. The van der Waals surface area contributed by atoms with Gasteiger partial charge in [-0.25, -0.2) is 4.79 Å². The molecule has 148 valence electrons. The smallest absolute Gasteiger partial charge is 0.465 e. The Hall–Kier alpha value is -3.11. The Kier molecular flexibility index (Phi) is 4.24. The molecule has 1 fully saturated rings. The maximum Gasteiger partial charge on any atom is 0.471 e. The molecule has 0 unspecified atom stereocenters. The van der Waals surface area contributed by atoms with E-state index >= 15 is 0 Å². The quantitative estimate of drug-likeness (QED) is 0.826. The number of fused-ring (bicyclic) bond motifs is 1. The largest absolute Gasteiger partial charge is 0.471 e. The van der Waals surface area contributed by atoms with Crippen LogP contribution in [0, 0.1) is 0 Å². The van der Waals surface area contributed by atoms with Crippen molar-refractivity contribution in [2.75, 3.05) is 0 Å². The minimum absolute atomic E-state index is 0.236. The fourth-order valence-electron chi connectivity index (χ4n) is 3.83. The maximum absolute atomic E-state index is 12.9. The van der Waals surface area contributed by atoms with E-state index in [1.165, 1.54) is 12.1 Å². The molecule has 0 spiro atoms. The number of hydrogen-bond donors (Lipinski definition) is 2. The lowest BCUT2D eigenvalue weighted by molar-refractivity contribution is -0.159. The number of carbonyl (C=O) groups is 2. The average molecular weight is 396 g/mol. The van der Waals surface area contributed by atoms with Gasteiger partial charge in [0.05, 0.1) is 12.1 Å². The van der Waals surface area contributed by atoms with Gasteiger partial charge in [0, 0.05) is 17.7 Å². The first-order valence-electron chi connectivity index (χ1n) is 8.58. The van der Waals surface area contributed by atoms with Crippen molar-refractivity contribution in [3.63, 3.8) is 0 Å². The lowest BCUT2D eigenvalue weighted by atomic mass is 10.1. The zero-order valence-electron chi connectivity index (χ0n) is 14.4. The molecular weight excluding hydrogens is 381 g/mol. The van der Waals surface area contributed by atoms with Crippen molar-refractivity contribution >= 4 is 12.0 Å². The number of amides is 2. The van der Waals surface area contributed by atoms with Gasteiger partial charge in [-0.15, -0.1) is 0 Å². The van der Waals surface area contributed by atoms with Crippen LogP contribution in [0.25, 0.3) is 11.4 Å². The van der Waals surface area contributed by atoms with E-state index in [9.17, 15) is 22.8 Å². The van der Waals surface area contributed by atoms with Gasteiger partial charge in [0.25, 0.3) is 5.91 Å². The molecule has 2 amide bonds. The number of nitrogens with one attached hydrogen (secondary N) is 1. The lowest BCUT2D eigenvalue weighted by Crippen LogP contribution is -2.48. The summed E-state index contributed by atoms with van der Waals surface area (Å²) in [5.41, 5.74) is 1.30. The van der Waals surface area contributed by atoms with Crippen LogP contribution in [0.1, 0.15) is 41.1 Å². The highest BCUT2D eigenvalue weighted by Crippen LogP contribution is 2.34. The van der Waals surface area contributed by atoms with Gasteiger partial charge in [0.15, 0.2) is 0 Å². The summed E-state index contributed by atoms with van der Waals surface area (Å²) in [5, 5.41) is 14.8. The van der Waals surface area contributed by atoms with Gasteiger partial charge in [0.1, 0.15) is 0 Å². The van der Waals surface area contributed by atoms with Gasteiger partial charge in [-0.1, -0.05) is 17.3 Å². The van der Waals surface area contributed by atoms with E-state index < -0.39 is 18.2 Å². The third-order valence-electron chi connectivity index (χ3n) is 5.06. The molecule has 2 atom stereocenters. The first-order chi connectivity index (χ1) is 13.2. The summed E-state index contributed by atoms with van der Waals surface area (Å²) in [6, 6.07) is 4.00. The molecule has 8 nitrogen and oxygen atoms in total. The van der Waals surface area contributed by atoms with Crippen LogP contribution in [0.4, 0.5) is 18.0 Å². The standard InChI is InChI=1S/C17H15F3N4O4/c18-17(19,20)15-22-13(23-28-15)8-4-5-9-7-24(14(25)10(9)6-8)12-3-1-2-11(12)21-16(26)27/h4-6,11-12,21H,1-3,7H2,(H,26,27)/t11-,12-/m0/s1. The summed E-state index contributed by atoms with van der Waals surface area (Å²) >= 11 is 0. The monoisotopic (exact) mass is 396 g/mol. The summed E-state index contributed by atoms with van der Waals surface area (Å²) in [5.74, 6) is -2.00. The second-order valence-corrected chi connectivity index (χ2v) is 6.78. The molecule has 28 heavy (non-hydrogen) atoms. The van der Waals surface area contributed by atoms with Crippen LogP contribution in [0.3, 0.4) is 0 Å². The molecule has 1 aromatic heterocycles. The predicted molar refractivity (Wildman–Crippen MR) is 87.2 cm³/mol. The van der Waals surface area contributed by atoms with Crippen molar-refractivity contribution in [3.8, 4) is 11.4 Å². The van der Waals surface area contributed by atoms with Crippen molar-refractivity contribution in [3.05, 3.63) is 35.2 Å². The van der Waals surface area contributed by atoms with Crippen molar-refractivity contribution in [1.29, 1.82) is 0 Å². The average Bonchev–Trinajstić information content (AvgIpc) is 3.33. The third-order valence-corrected chi connectivity index (χ3v) is 5.06. The van der Waals surface area contributed by atoms with E-state index in [0.717, 1.165) is 6.42 Å². The first-order valence-corrected chi connectivity index (χ1v) is 8.58. The number of alkyl halides is 3. The summed E-state index contributed by atoms with van der Waals surface area (Å²) in [6.45, 7) is 0.316. The number of carboxylic acid groups (broad SMARTS) is 1. The number of benzene rings is 1. The van der Waals surface area contributed by atoms with Crippen molar-refractivity contribution in [2.24, 2.45) is 0 Å². The van der Waals surface area contributed by atoms with Crippen LogP contribution >= 0.6 is 0 Å². The summed E-state index contributed by atoms with van der Waals surface area (Å²) in [6.07, 6.45) is -3.77. The van der Waals surface area contributed by atoms with E-state index in [2.05, 4.69) is 20.0 Å². The molecule has 0 saturated heterocycles. The highest BCUT2D eigenvalue weighted by Gasteiger charge is 2.41. The van der Waals surface area contributed by atoms with Crippen LogP contribution < -0.4 is 5.32 Å². The van der Waals surface area contributed by atoms with Crippen LogP contribution in [-0.4, -0.2) is 44.2 Å². The molecule has 1 aliphatic carbocycles. The molecule has 2 heterocycles. The van der Waals surface area contributed by atoms with E-state index in [1.807, 2.05) is 0 Å². The van der Waals surface area contributed by atoms with Gasteiger partial charge in [-0.05, 0) is 30.9 Å². The number of rotatable bonds is 3. The SMILES string of the molecule is O=C(O)N[C@H]1CCC[C@@H]1N1Cc2ccc(-c3noc(C(F)(F)F)n3)cc2C1=O. The topological polar surface area (TPSA) is 109 Å². The van der Waals surface area contributed by atoms with Gasteiger partial charge in [-0.3, -0.25) is 4.79 Å². The molecular formula is C17H15F3N4O4. The Balaban J connectivity index is 1.58. The molecule has 0 radical (unpaired) electrons. The van der Waals surface area contributed by atoms with Crippen LogP contribution in [-0.2, 0) is 12.7 Å². The Morgan fingerprint density at radius 2 is 2.11 bits per heavy atom. The Morgan fingerprint density at radius 1 is 1.32 bits per heavy atom. The maximum atomic E-state index is 12.9. The number of halogens is 3. The first kappa shape index (κ1) is 18.3. The van der Waals surface area contributed by atoms with Crippen LogP contribution in [0.5, 0.6) is 0 Å². The van der Waals surface area contributed by atoms with Gasteiger partial charge in [0.2, 0.25) is 5.82 Å². The van der Waals surface area contributed by atoms with Crippen molar-refractivity contribution < 1.29 is 32.4 Å². The summed E-state index contributed by atoms with van der Waals surface area (Å²) in [4.78, 5) is 28.8. The van der Waals surface area contributed by atoms with E-state index in [1.54, 1.807) is 11.0 Å². The number of carbonyl (C=O) groups excluding carboxylic acids is 1. The molecule has 4 rings (SSSR count). The summed E-state index contributed by atoms with van der Waals surface area (Å²) in [7, 11) is 0. The summed E-state index contributed by atoms with van der Waals surface area (Å²) < 4.78 is 42.2. The predicted octanol–water partition coefficient (Wildman–Crippen LogP) is 2.90. The second-order valence-electron chi connectivity index (χ2n) is 6.78. The van der Waals surface area contributed by atoms with Crippen LogP contribution in [0.2, 0.25) is 0 Å². The van der Waals surface area contributed by atoms with Gasteiger partial charge in [-0.2, -0.15) is 18.2 Å². The Bertz CT molecular complexity index is 943. The van der Waals surface area contributed by atoms with Crippen LogP contribution in [0.15, 0.2) is 22.7 Å². The zero-order chi connectivity index (χ0) is 20.1. The number of aromatic nitrogens is 2. The minimum Gasteiger partial charge on any atom is -0.465 e.